The second kappa shape index (κ2) is 6.88. The number of sulfone groups is 1. The number of rotatable bonds is 6. The van der Waals surface area contributed by atoms with Crippen LogP contribution in [0.25, 0.3) is 0 Å². The van der Waals surface area contributed by atoms with Gasteiger partial charge in [0.1, 0.15) is 5.82 Å². The molecule has 7 heteroatoms. The van der Waals surface area contributed by atoms with Crippen LogP contribution in [-0.4, -0.2) is 34.7 Å². The fourth-order valence-electron chi connectivity index (χ4n) is 2.73. The van der Waals surface area contributed by atoms with Gasteiger partial charge in [-0.3, -0.25) is 0 Å². The van der Waals surface area contributed by atoms with Gasteiger partial charge in [0, 0.05) is 18.2 Å². The van der Waals surface area contributed by atoms with Crippen LogP contribution in [0, 0.1) is 0 Å². The van der Waals surface area contributed by atoms with Crippen molar-refractivity contribution in [3.8, 4) is 0 Å². The predicted octanol–water partition coefficient (Wildman–Crippen LogP) is 2.66. The van der Waals surface area contributed by atoms with Gasteiger partial charge in [0.15, 0.2) is 15.0 Å². The van der Waals surface area contributed by atoms with E-state index in [9.17, 15) is 8.42 Å². The highest BCUT2D eigenvalue weighted by Gasteiger charge is 2.33. The molecule has 2 heterocycles. The van der Waals surface area contributed by atoms with E-state index >= 15 is 0 Å². The van der Waals surface area contributed by atoms with Crippen molar-refractivity contribution < 1.29 is 8.42 Å². The molecule has 1 saturated heterocycles. The van der Waals surface area contributed by atoms with Crippen LogP contribution in [0.3, 0.4) is 0 Å². The van der Waals surface area contributed by atoms with Gasteiger partial charge in [0.05, 0.1) is 11.5 Å². The molecule has 0 bridgehead atoms. The lowest BCUT2D eigenvalue weighted by Crippen LogP contribution is -2.11. The highest BCUT2D eigenvalue weighted by Crippen LogP contribution is 2.31. The van der Waals surface area contributed by atoms with Gasteiger partial charge in [-0.15, -0.1) is 16.8 Å². The van der Waals surface area contributed by atoms with E-state index in [-0.39, 0.29) is 17.4 Å². The molecule has 0 N–H and O–H groups in total. The van der Waals surface area contributed by atoms with Crippen LogP contribution >= 0.6 is 11.8 Å². The molecule has 1 aliphatic rings. The molecule has 0 amide bonds. The van der Waals surface area contributed by atoms with E-state index in [1.165, 1.54) is 5.56 Å². The highest BCUT2D eigenvalue weighted by molar-refractivity contribution is 7.98. The van der Waals surface area contributed by atoms with Crippen molar-refractivity contribution in [2.75, 3.05) is 11.5 Å². The molecule has 1 aromatic heterocycles. The third kappa shape index (κ3) is 3.84. The Morgan fingerprint density at radius 3 is 2.74 bits per heavy atom. The highest BCUT2D eigenvalue weighted by atomic mass is 32.2. The molecule has 0 saturated carbocycles. The van der Waals surface area contributed by atoms with Crippen molar-refractivity contribution in [1.29, 1.82) is 0 Å². The quantitative estimate of drug-likeness (QED) is 0.592. The van der Waals surface area contributed by atoms with Gasteiger partial charge in [0.2, 0.25) is 0 Å². The molecule has 0 spiro atoms. The molecule has 23 heavy (non-hydrogen) atoms. The summed E-state index contributed by atoms with van der Waals surface area (Å²) in [4.78, 5) is 0. The van der Waals surface area contributed by atoms with Crippen molar-refractivity contribution in [1.82, 2.24) is 14.8 Å². The van der Waals surface area contributed by atoms with Crippen LogP contribution in [0.1, 0.15) is 23.7 Å². The number of hydrogen-bond donors (Lipinski definition) is 0. The molecule has 5 nitrogen and oxygen atoms in total. The fraction of sp³-hybridized carbons (Fsp3) is 0.375. The number of benzene rings is 1. The summed E-state index contributed by atoms with van der Waals surface area (Å²) in [5, 5.41) is 9.36. The minimum Gasteiger partial charge on any atom is -0.302 e. The summed E-state index contributed by atoms with van der Waals surface area (Å²) in [5.41, 5.74) is 1.22. The lowest BCUT2D eigenvalue weighted by molar-refractivity contribution is 0.597. The van der Waals surface area contributed by atoms with Crippen LogP contribution in [0.4, 0.5) is 0 Å². The Kier molecular flexibility index (Phi) is 4.87. The van der Waals surface area contributed by atoms with Crippen LogP contribution in [0.5, 0.6) is 0 Å². The number of allylic oxidation sites excluding steroid dienone is 1. The normalized spacial score (nSPS) is 19.7. The van der Waals surface area contributed by atoms with Crippen molar-refractivity contribution >= 4 is 21.6 Å². The predicted molar refractivity (Wildman–Crippen MR) is 92.2 cm³/mol. The monoisotopic (exact) mass is 349 g/mol. The Morgan fingerprint density at radius 2 is 2.09 bits per heavy atom. The zero-order chi connectivity index (χ0) is 16.3. The Bertz CT molecular complexity index is 785. The van der Waals surface area contributed by atoms with Crippen molar-refractivity contribution in [3.05, 3.63) is 54.4 Å². The summed E-state index contributed by atoms with van der Waals surface area (Å²) in [6.45, 7) is 4.38. The topological polar surface area (TPSA) is 64.8 Å². The van der Waals surface area contributed by atoms with Crippen molar-refractivity contribution in [2.45, 2.75) is 29.8 Å². The van der Waals surface area contributed by atoms with Gasteiger partial charge in [-0.1, -0.05) is 48.2 Å². The van der Waals surface area contributed by atoms with Gasteiger partial charge in [-0.05, 0) is 12.0 Å². The molecule has 1 fully saturated rings. The van der Waals surface area contributed by atoms with Crippen LogP contribution in [0.2, 0.25) is 0 Å². The van der Waals surface area contributed by atoms with Gasteiger partial charge < -0.3 is 4.57 Å². The van der Waals surface area contributed by atoms with Gasteiger partial charge in [-0.25, -0.2) is 8.42 Å². The molecular formula is C16H19N3O2S2. The van der Waals surface area contributed by atoms with Gasteiger partial charge in [-0.2, -0.15) is 0 Å². The molecule has 3 rings (SSSR count). The van der Waals surface area contributed by atoms with E-state index in [0.29, 0.717) is 13.0 Å². The second-order valence-corrected chi connectivity index (χ2v) is 8.79. The first-order chi connectivity index (χ1) is 11.1. The standard InChI is InChI=1S/C16H19N3O2S2/c1-2-9-19-15(14-8-10-23(20,21)12-14)17-18-16(19)22-11-13-6-4-3-5-7-13/h2-7,14H,1,8-12H2/t14-/m1/s1. The lowest BCUT2D eigenvalue weighted by Gasteiger charge is -2.11. The van der Waals surface area contributed by atoms with Crippen molar-refractivity contribution in [3.63, 3.8) is 0 Å². The molecule has 1 aromatic carbocycles. The molecule has 1 atom stereocenters. The maximum atomic E-state index is 11.7. The maximum Gasteiger partial charge on any atom is 0.191 e. The number of hydrogen-bond acceptors (Lipinski definition) is 5. The second-order valence-electron chi connectivity index (χ2n) is 5.61. The van der Waals surface area contributed by atoms with E-state index in [1.807, 2.05) is 22.8 Å². The molecule has 2 aromatic rings. The minimum absolute atomic E-state index is 0.0569. The summed E-state index contributed by atoms with van der Waals surface area (Å²) >= 11 is 1.61. The minimum atomic E-state index is -2.94. The van der Waals surface area contributed by atoms with E-state index in [2.05, 4.69) is 28.9 Å². The first-order valence-corrected chi connectivity index (χ1v) is 10.3. The molecule has 0 radical (unpaired) electrons. The third-order valence-electron chi connectivity index (χ3n) is 3.87. The molecule has 0 unspecified atom stereocenters. The number of aromatic nitrogens is 3. The largest absolute Gasteiger partial charge is 0.302 e. The Balaban J connectivity index is 1.80. The lowest BCUT2D eigenvalue weighted by atomic mass is 10.1. The van der Waals surface area contributed by atoms with E-state index in [4.69, 9.17) is 0 Å². The maximum absolute atomic E-state index is 11.7. The van der Waals surface area contributed by atoms with Gasteiger partial charge >= 0.3 is 0 Å². The fourth-order valence-corrected chi connectivity index (χ4v) is 5.38. The Labute approximate surface area is 140 Å². The Morgan fingerprint density at radius 1 is 1.30 bits per heavy atom. The van der Waals surface area contributed by atoms with E-state index in [1.54, 1.807) is 17.8 Å². The third-order valence-corrected chi connectivity index (χ3v) is 6.67. The zero-order valence-corrected chi connectivity index (χ0v) is 14.4. The van der Waals surface area contributed by atoms with E-state index in [0.717, 1.165) is 16.7 Å². The van der Waals surface area contributed by atoms with Crippen LogP contribution in [-0.2, 0) is 22.1 Å². The SMILES string of the molecule is C=CCn1c(SCc2ccccc2)nnc1[C@@H]1CCS(=O)(=O)C1. The average Bonchev–Trinajstić information content (AvgIpc) is 3.10. The first-order valence-electron chi connectivity index (χ1n) is 7.50. The average molecular weight is 349 g/mol. The van der Waals surface area contributed by atoms with E-state index < -0.39 is 9.84 Å². The molecule has 0 aliphatic carbocycles. The summed E-state index contributed by atoms with van der Waals surface area (Å²) in [7, 11) is -2.94. The summed E-state index contributed by atoms with van der Waals surface area (Å²) in [5.74, 6) is 1.93. The smallest absolute Gasteiger partial charge is 0.191 e. The number of thioether (sulfide) groups is 1. The summed E-state index contributed by atoms with van der Waals surface area (Å²) < 4.78 is 25.4. The summed E-state index contributed by atoms with van der Waals surface area (Å²) in [6, 6.07) is 10.2. The Hall–Kier alpha value is -1.60. The number of nitrogens with zero attached hydrogens (tertiary/aromatic N) is 3. The van der Waals surface area contributed by atoms with Crippen LogP contribution in [0.15, 0.2) is 48.1 Å². The molecular weight excluding hydrogens is 330 g/mol. The molecule has 1 aliphatic heterocycles. The van der Waals surface area contributed by atoms with Crippen LogP contribution < -0.4 is 0 Å². The molecule has 122 valence electrons. The van der Waals surface area contributed by atoms with Gasteiger partial charge in [0.25, 0.3) is 0 Å². The zero-order valence-electron chi connectivity index (χ0n) is 12.8. The summed E-state index contributed by atoms with van der Waals surface area (Å²) in [6.07, 6.45) is 2.42. The van der Waals surface area contributed by atoms with Crippen molar-refractivity contribution in [2.24, 2.45) is 0 Å². The first kappa shape index (κ1) is 16.3.